The number of methoxy groups -OCH3 is 1. The molecule has 0 aromatic carbocycles. The van der Waals surface area contributed by atoms with Crippen molar-refractivity contribution in [1.82, 2.24) is 15.0 Å². The smallest absolute Gasteiger partial charge is 0.322 e. The number of aromatic nitrogens is 3. The standard InChI is InChI=1S/C12H13ClN4OS/c1-18-12-16-10(13)15-11(17-12)14-8-3-2-4-9-7(8)5-6-19-9/h5-6,8H,2-4H2,1H3,(H,14,15,16,17). The van der Waals surface area contributed by atoms with Crippen LogP contribution in [0, 0.1) is 0 Å². The number of aryl methyl sites for hydroxylation is 1. The van der Waals surface area contributed by atoms with Crippen LogP contribution in [0.1, 0.15) is 29.3 Å². The van der Waals surface area contributed by atoms with Gasteiger partial charge < -0.3 is 10.1 Å². The van der Waals surface area contributed by atoms with Crippen LogP contribution in [0.5, 0.6) is 6.01 Å². The van der Waals surface area contributed by atoms with Crippen LogP contribution in [-0.2, 0) is 6.42 Å². The lowest BCUT2D eigenvalue weighted by Gasteiger charge is -2.23. The van der Waals surface area contributed by atoms with Crippen molar-refractivity contribution in [3.8, 4) is 6.01 Å². The van der Waals surface area contributed by atoms with Gasteiger partial charge in [-0.3, -0.25) is 0 Å². The van der Waals surface area contributed by atoms with Crippen LogP contribution in [0.25, 0.3) is 0 Å². The first-order valence-corrected chi connectivity index (χ1v) is 7.30. The zero-order chi connectivity index (χ0) is 13.2. The van der Waals surface area contributed by atoms with Crippen LogP contribution in [0.4, 0.5) is 5.95 Å². The van der Waals surface area contributed by atoms with E-state index in [1.807, 2.05) is 0 Å². The molecule has 2 aromatic heterocycles. The summed E-state index contributed by atoms with van der Waals surface area (Å²) in [6, 6.07) is 2.62. The maximum Gasteiger partial charge on any atom is 0.322 e. The third kappa shape index (κ3) is 2.64. The summed E-state index contributed by atoms with van der Waals surface area (Å²) in [4.78, 5) is 13.6. The molecule has 100 valence electrons. The summed E-state index contributed by atoms with van der Waals surface area (Å²) < 4.78 is 4.99. The number of ether oxygens (including phenoxy) is 1. The molecule has 2 aromatic rings. The second-order valence-electron chi connectivity index (χ2n) is 4.30. The average Bonchev–Trinajstić information content (AvgIpc) is 2.87. The van der Waals surface area contributed by atoms with E-state index in [4.69, 9.17) is 16.3 Å². The van der Waals surface area contributed by atoms with E-state index in [-0.39, 0.29) is 17.3 Å². The third-order valence-electron chi connectivity index (χ3n) is 3.13. The molecule has 2 heterocycles. The summed E-state index contributed by atoms with van der Waals surface area (Å²) in [7, 11) is 1.51. The van der Waals surface area contributed by atoms with Gasteiger partial charge in [0.25, 0.3) is 0 Å². The van der Waals surface area contributed by atoms with Gasteiger partial charge in [0.05, 0.1) is 13.2 Å². The molecular formula is C12H13ClN4OS. The highest BCUT2D eigenvalue weighted by molar-refractivity contribution is 7.10. The topological polar surface area (TPSA) is 59.9 Å². The van der Waals surface area contributed by atoms with Crippen LogP contribution >= 0.6 is 22.9 Å². The van der Waals surface area contributed by atoms with E-state index in [0.29, 0.717) is 5.95 Å². The Hall–Kier alpha value is -1.40. The molecule has 0 radical (unpaired) electrons. The Morgan fingerprint density at radius 3 is 3.16 bits per heavy atom. The van der Waals surface area contributed by atoms with Crippen molar-refractivity contribution in [3.05, 3.63) is 27.2 Å². The summed E-state index contributed by atoms with van der Waals surface area (Å²) in [6.07, 6.45) is 3.39. The van der Waals surface area contributed by atoms with Gasteiger partial charge in [-0.05, 0) is 47.9 Å². The fraction of sp³-hybridized carbons (Fsp3) is 0.417. The Bertz CT molecular complexity index is 589. The van der Waals surface area contributed by atoms with Gasteiger partial charge in [-0.1, -0.05) is 0 Å². The number of fused-ring (bicyclic) bond motifs is 1. The number of halogens is 1. The largest absolute Gasteiger partial charge is 0.467 e. The first-order valence-electron chi connectivity index (χ1n) is 6.04. The molecule has 0 saturated heterocycles. The molecular weight excluding hydrogens is 284 g/mol. The zero-order valence-corrected chi connectivity index (χ0v) is 12.0. The fourth-order valence-electron chi connectivity index (χ4n) is 2.28. The van der Waals surface area contributed by atoms with Crippen molar-refractivity contribution < 1.29 is 4.74 Å². The number of nitrogens with zero attached hydrogens (tertiary/aromatic N) is 3. The zero-order valence-electron chi connectivity index (χ0n) is 10.4. The molecule has 0 bridgehead atoms. The lowest BCUT2D eigenvalue weighted by atomic mass is 9.94. The number of hydrogen-bond donors (Lipinski definition) is 1. The van der Waals surface area contributed by atoms with Crippen molar-refractivity contribution in [2.24, 2.45) is 0 Å². The van der Waals surface area contributed by atoms with Crippen LogP contribution in [0.3, 0.4) is 0 Å². The predicted molar refractivity (Wildman–Crippen MR) is 75.0 cm³/mol. The highest BCUT2D eigenvalue weighted by Crippen LogP contribution is 2.35. The Morgan fingerprint density at radius 2 is 2.32 bits per heavy atom. The van der Waals surface area contributed by atoms with Gasteiger partial charge in [0.2, 0.25) is 11.2 Å². The van der Waals surface area contributed by atoms with Gasteiger partial charge in [0, 0.05) is 4.88 Å². The summed E-state index contributed by atoms with van der Waals surface area (Å²) in [5.74, 6) is 0.459. The van der Waals surface area contributed by atoms with Crippen molar-refractivity contribution >= 4 is 28.9 Å². The van der Waals surface area contributed by atoms with Crippen molar-refractivity contribution in [1.29, 1.82) is 0 Å². The van der Waals surface area contributed by atoms with Crippen LogP contribution in [-0.4, -0.2) is 22.1 Å². The van der Waals surface area contributed by atoms with Crippen LogP contribution in [0.2, 0.25) is 5.28 Å². The second kappa shape index (κ2) is 5.30. The lowest BCUT2D eigenvalue weighted by molar-refractivity contribution is 0.378. The minimum Gasteiger partial charge on any atom is -0.467 e. The van der Waals surface area contributed by atoms with Crippen LogP contribution in [0.15, 0.2) is 11.4 Å². The molecule has 0 spiro atoms. The monoisotopic (exact) mass is 296 g/mol. The van der Waals surface area contributed by atoms with Gasteiger partial charge >= 0.3 is 6.01 Å². The molecule has 0 amide bonds. The molecule has 1 atom stereocenters. The molecule has 19 heavy (non-hydrogen) atoms. The molecule has 5 nitrogen and oxygen atoms in total. The second-order valence-corrected chi connectivity index (χ2v) is 5.64. The summed E-state index contributed by atoms with van der Waals surface area (Å²) in [5, 5.41) is 5.58. The lowest BCUT2D eigenvalue weighted by Crippen LogP contribution is -2.17. The molecule has 0 fully saturated rings. The maximum atomic E-state index is 5.85. The third-order valence-corrected chi connectivity index (χ3v) is 4.29. The molecule has 1 unspecified atom stereocenters. The van der Waals surface area contributed by atoms with Crippen LogP contribution < -0.4 is 10.1 Å². The first-order chi connectivity index (χ1) is 9.26. The van der Waals surface area contributed by atoms with Gasteiger partial charge in [-0.15, -0.1) is 11.3 Å². The van der Waals surface area contributed by atoms with E-state index in [1.165, 1.54) is 24.0 Å². The van der Waals surface area contributed by atoms with Crippen molar-refractivity contribution in [3.63, 3.8) is 0 Å². The quantitative estimate of drug-likeness (QED) is 0.943. The van der Waals surface area contributed by atoms with Gasteiger partial charge in [-0.25, -0.2) is 0 Å². The maximum absolute atomic E-state index is 5.85. The fourth-order valence-corrected chi connectivity index (χ4v) is 3.42. The minimum absolute atomic E-state index is 0.135. The Morgan fingerprint density at radius 1 is 1.42 bits per heavy atom. The van der Waals surface area contributed by atoms with E-state index in [0.717, 1.165) is 12.8 Å². The average molecular weight is 297 g/mol. The SMILES string of the molecule is COc1nc(Cl)nc(NC2CCCc3sccc32)n1. The Kier molecular flexibility index (Phi) is 3.52. The summed E-state index contributed by atoms with van der Waals surface area (Å²) in [5.41, 5.74) is 1.34. The number of anilines is 1. The molecule has 0 saturated carbocycles. The molecule has 0 aliphatic heterocycles. The summed E-state index contributed by atoms with van der Waals surface area (Å²) in [6.45, 7) is 0. The molecule has 1 aliphatic carbocycles. The summed E-state index contributed by atoms with van der Waals surface area (Å²) >= 11 is 7.65. The molecule has 3 rings (SSSR count). The Balaban J connectivity index is 1.85. The van der Waals surface area contributed by atoms with Crippen molar-refractivity contribution in [2.45, 2.75) is 25.3 Å². The van der Waals surface area contributed by atoms with E-state index in [1.54, 1.807) is 11.3 Å². The number of nitrogens with one attached hydrogen (secondary N) is 1. The van der Waals surface area contributed by atoms with Crippen molar-refractivity contribution in [2.75, 3.05) is 12.4 Å². The highest BCUT2D eigenvalue weighted by Gasteiger charge is 2.22. The van der Waals surface area contributed by atoms with Gasteiger partial charge in [-0.2, -0.15) is 15.0 Å². The molecule has 1 N–H and O–H groups in total. The minimum atomic E-state index is 0.135. The van der Waals surface area contributed by atoms with E-state index >= 15 is 0 Å². The van der Waals surface area contributed by atoms with E-state index < -0.39 is 0 Å². The number of thiophene rings is 1. The number of rotatable bonds is 3. The Labute approximate surface area is 120 Å². The van der Waals surface area contributed by atoms with E-state index in [2.05, 4.69) is 31.7 Å². The van der Waals surface area contributed by atoms with E-state index in [9.17, 15) is 0 Å². The van der Waals surface area contributed by atoms with Gasteiger partial charge in [0.15, 0.2) is 0 Å². The normalized spacial score (nSPS) is 17.9. The molecule has 1 aliphatic rings. The highest BCUT2D eigenvalue weighted by atomic mass is 35.5. The number of hydrogen-bond acceptors (Lipinski definition) is 6. The van der Waals surface area contributed by atoms with Gasteiger partial charge in [0.1, 0.15) is 0 Å². The first kappa shape index (κ1) is 12.6. The predicted octanol–water partition coefficient (Wildman–Crippen LogP) is 3.08. The molecule has 7 heteroatoms.